The molecule has 0 spiro atoms. The summed E-state index contributed by atoms with van der Waals surface area (Å²) >= 11 is 53.6. The molecule has 3 rings (SSSR count). The fraction of sp³-hybridized carbons (Fsp3) is 0.385. The Morgan fingerprint density at radius 3 is 1.74 bits per heavy atom. The van der Waals surface area contributed by atoms with Gasteiger partial charge in [-0.25, -0.2) is 0 Å². The van der Waals surface area contributed by atoms with Gasteiger partial charge in [-0.05, 0) is 81.8 Å². The average Bonchev–Trinajstić information content (AvgIpc) is 2.68. The molecule has 2 aliphatic carbocycles. The molecule has 1 aromatic carbocycles. The lowest BCUT2D eigenvalue weighted by atomic mass is 9.85. The van der Waals surface area contributed by atoms with Crippen LogP contribution >= 0.6 is 133 Å². The molecule has 0 radical (unpaired) electrons. The highest BCUT2D eigenvalue weighted by molar-refractivity contribution is 9.14. The van der Waals surface area contributed by atoms with Crippen LogP contribution < -0.4 is 0 Å². The van der Waals surface area contributed by atoms with E-state index in [0.717, 1.165) is 23.5 Å². The van der Waals surface area contributed by atoms with Gasteiger partial charge in [-0.15, -0.1) is 23.2 Å². The molecule has 0 heterocycles. The zero-order valence-electron chi connectivity index (χ0n) is 10.6. The van der Waals surface area contributed by atoms with Gasteiger partial charge in [-0.1, -0.05) is 46.4 Å². The Bertz CT molecular complexity index is 737. The maximum absolute atomic E-state index is 6.88. The average molecular weight is 693 g/mol. The van der Waals surface area contributed by atoms with Gasteiger partial charge in [0.2, 0.25) is 0 Å². The van der Waals surface area contributed by atoms with Crippen LogP contribution in [0.5, 0.6) is 0 Å². The Balaban J connectivity index is 2.31. The first-order chi connectivity index (χ1) is 10.4. The maximum Gasteiger partial charge on any atom is 0.166 e. The summed E-state index contributed by atoms with van der Waals surface area (Å²) in [5.74, 6) is -0.357. The molecule has 10 heteroatoms. The van der Waals surface area contributed by atoms with E-state index in [1.807, 2.05) is 6.07 Å². The summed E-state index contributed by atoms with van der Waals surface area (Å²) in [5, 5.41) is 0.394. The Kier molecular flexibility index (Phi) is 5.59. The predicted octanol–water partition coefficient (Wildman–Crippen LogP) is 9.06. The highest BCUT2D eigenvalue weighted by atomic mass is 79.9. The van der Waals surface area contributed by atoms with Gasteiger partial charge in [0.25, 0.3) is 0 Å². The molecule has 0 aliphatic heterocycles. The van der Waals surface area contributed by atoms with E-state index in [9.17, 15) is 0 Å². The molecule has 3 atom stereocenters. The third kappa shape index (κ3) is 2.46. The van der Waals surface area contributed by atoms with E-state index in [2.05, 4.69) is 63.7 Å². The van der Waals surface area contributed by atoms with E-state index in [0.29, 0.717) is 6.42 Å². The fourth-order valence-corrected chi connectivity index (χ4v) is 8.52. The first kappa shape index (κ1) is 20.4. The molecule has 0 amide bonds. The van der Waals surface area contributed by atoms with E-state index in [4.69, 9.17) is 69.6 Å². The molecule has 2 aliphatic rings. The number of benzene rings is 1. The molecule has 3 unspecified atom stereocenters. The lowest BCUT2D eigenvalue weighted by Gasteiger charge is -2.35. The summed E-state index contributed by atoms with van der Waals surface area (Å²) < 4.78 is 1.77. The lowest BCUT2D eigenvalue weighted by molar-refractivity contribution is 0.596. The maximum atomic E-state index is 6.88. The van der Waals surface area contributed by atoms with E-state index in [1.54, 1.807) is 0 Å². The van der Waals surface area contributed by atoms with Crippen LogP contribution in [-0.2, 0) is 0 Å². The second-order valence-corrected chi connectivity index (χ2v) is 12.0. The Labute approximate surface area is 197 Å². The van der Waals surface area contributed by atoms with Crippen LogP contribution in [-0.4, -0.2) is 14.1 Å². The predicted molar refractivity (Wildman–Crippen MR) is 115 cm³/mol. The summed E-state index contributed by atoms with van der Waals surface area (Å²) in [6.45, 7) is 0. The van der Waals surface area contributed by atoms with Gasteiger partial charge in [0.1, 0.15) is 9.75 Å². The molecular formula is C13H4Br4Cl6. The first-order valence-corrected chi connectivity index (χ1v) is 11.5. The second-order valence-electron chi connectivity index (χ2n) is 5.35. The zero-order valence-corrected chi connectivity index (χ0v) is 21.5. The Morgan fingerprint density at radius 1 is 0.870 bits per heavy atom. The molecular weight excluding hydrogens is 688 g/mol. The van der Waals surface area contributed by atoms with Gasteiger partial charge in [0.15, 0.2) is 4.33 Å². The van der Waals surface area contributed by atoms with E-state index < -0.39 is 14.1 Å². The molecule has 0 aromatic heterocycles. The van der Waals surface area contributed by atoms with Crippen molar-refractivity contribution in [1.82, 2.24) is 0 Å². The lowest BCUT2D eigenvalue weighted by Crippen LogP contribution is -2.43. The quantitative estimate of drug-likeness (QED) is 0.204. The van der Waals surface area contributed by atoms with E-state index in [1.165, 1.54) is 0 Å². The first-order valence-electron chi connectivity index (χ1n) is 6.06. The Hall–Kier alpha value is 2.62. The monoisotopic (exact) mass is 686 g/mol. The summed E-state index contributed by atoms with van der Waals surface area (Å²) in [7, 11) is 0. The molecule has 2 bridgehead atoms. The number of fused-ring (bicyclic) bond motifs is 2. The van der Waals surface area contributed by atoms with Crippen LogP contribution in [0.1, 0.15) is 17.9 Å². The van der Waals surface area contributed by atoms with Crippen LogP contribution in [0.3, 0.4) is 0 Å². The van der Waals surface area contributed by atoms with Crippen molar-refractivity contribution in [3.8, 4) is 0 Å². The standard InChI is InChI=1S/C13H4Br4Cl6/c14-4-1-5(15)8(17)6(7(4)16)3-2-11(20)9(18)10(19)12(3,21)13(11,22)23/h1,3H,2H2. The summed E-state index contributed by atoms with van der Waals surface area (Å²) in [6, 6.07) is 1.90. The number of alkyl halides is 4. The fourth-order valence-electron chi connectivity index (χ4n) is 3.11. The molecule has 1 fully saturated rings. The topological polar surface area (TPSA) is 0 Å². The number of hydrogen-bond acceptors (Lipinski definition) is 0. The van der Waals surface area contributed by atoms with Gasteiger partial charge in [0, 0.05) is 23.8 Å². The number of rotatable bonds is 1. The smallest absolute Gasteiger partial charge is 0.110 e. The minimum atomic E-state index is -1.55. The van der Waals surface area contributed by atoms with E-state index in [-0.39, 0.29) is 16.0 Å². The third-order valence-electron chi connectivity index (χ3n) is 4.27. The van der Waals surface area contributed by atoms with Gasteiger partial charge in [-0.3, -0.25) is 0 Å². The van der Waals surface area contributed by atoms with Crippen LogP contribution in [0.4, 0.5) is 0 Å². The van der Waals surface area contributed by atoms with Crippen molar-refractivity contribution in [2.75, 3.05) is 0 Å². The van der Waals surface area contributed by atoms with Gasteiger partial charge < -0.3 is 0 Å². The van der Waals surface area contributed by atoms with E-state index >= 15 is 0 Å². The van der Waals surface area contributed by atoms with Crippen molar-refractivity contribution in [3.05, 3.63) is 39.6 Å². The van der Waals surface area contributed by atoms with Crippen molar-refractivity contribution in [3.63, 3.8) is 0 Å². The van der Waals surface area contributed by atoms with Crippen molar-refractivity contribution in [1.29, 1.82) is 0 Å². The molecule has 0 nitrogen and oxygen atoms in total. The normalized spacial score (nSPS) is 35.3. The number of hydrogen-bond donors (Lipinski definition) is 0. The largest absolute Gasteiger partial charge is 0.166 e. The van der Waals surface area contributed by atoms with Crippen molar-refractivity contribution in [2.24, 2.45) is 0 Å². The highest BCUT2D eigenvalue weighted by Crippen LogP contribution is 2.77. The molecule has 126 valence electrons. The molecule has 23 heavy (non-hydrogen) atoms. The number of allylic oxidation sites excluding steroid dienone is 2. The zero-order chi connectivity index (χ0) is 17.5. The van der Waals surface area contributed by atoms with Gasteiger partial charge >= 0.3 is 0 Å². The minimum absolute atomic E-state index is 0.187. The van der Waals surface area contributed by atoms with Crippen LogP contribution in [0, 0.1) is 0 Å². The van der Waals surface area contributed by atoms with Crippen LogP contribution in [0.25, 0.3) is 0 Å². The molecule has 0 saturated heterocycles. The molecule has 1 aromatic rings. The number of halogens is 10. The van der Waals surface area contributed by atoms with Crippen molar-refractivity contribution < 1.29 is 0 Å². The summed E-state index contributed by atoms with van der Waals surface area (Å²) in [6.07, 6.45) is 0.347. The van der Waals surface area contributed by atoms with Gasteiger partial charge in [-0.2, -0.15) is 0 Å². The summed E-state index contributed by atoms with van der Waals surface area (Å²) in [4.78, 5) is -2.57. The SMILES string of the molecule is ClC1=C(Cl)C2(Cl)C(c3c(Br)c(Br)cc(Br)c3Br)CC1(Cl)C2(Cl)Cl. The summed E-state index contributed by atoms with van der Waals surface area (Å²) in [5.41, 5.74) is 0.858. The second kappa shape index (κ2) is 6.32. The van der Waals surface area contributed by atoms with Crippen LogP contribution in [0.2, 0.25) is 0 Å². The van der Waals surface area contributed by atoms with Gasteiger partial charge in [0.05, 0.1) is 10.1 Å². The Morgan fingerprint density at radius 2 is 1.35 bits per heavy atom. The van der Waals surface area contributed by atoms with Crippen LogP contribution in [0.15, 0.2) is 34.0 Å². The van der Waals surface area contributed by atoms with Crippen molar-refractivity contribution >= 4 is 133 Å². The van der Waals surface area contributed by atoms with Crippen molar-refractivity contribution in [2.45, 2.75) is 26.4 Å². The minimum Gasteiger partial charge on any atom is -0.110 e. The molecule has 1 saturated carbocycles. The highest BCUT2D eigenvalue weighted by Gasteiger charge is 2.78. The third-order valence-corrected chi connectivity index (χ3v) is 12.6. The molecule has 0 N–H and O–H groups in total.